The molecule has 80 valence electrons. The van der Waals surface area contributed by atoms with Crippen LogP contribution in [0.3, 0.4) is 0 Å². The summed E-state index contributed by atoms with van der Waals surface area (Å²) in [7, 11) is 0. The Balaban J connectivity index is 2.78. The zero-order valence-corrected chi connectivity index (χ0v) is 9.84. The first-order chi connectivity index (χ1) is 7.16. The minimum absolute atomic E-state index is 0.197. The second-order valence-corrected chi connectivity index (χ2v) is 3.67. The maximum absolute atomic E-state index is 13.1. The second kappa shape index (κ2) is 5.66. The van der Waals surface area contributed by atoms with Gasteiger partial charge in [0.2, 0.25) is 0 Å². The van der Waals surface area contributed by atoms with Gasteiger partial charge in [0, 0.05) is 6.54 Å². The molecule has 15 heavy (non-hydrogen) atoms. The smallest absolute Gasteiger partial charge is 0.252 e. The molecule has 0 radical (unpaired) electrons. The largest absolute Gasteiger partial charge is 0.349 e. The molecule has 0 aromatic heterocycles. The van der Waals surface area contributed by atoms with E-state index in [0.29, 0.717) is 12.1 Å². The van der Waals surface area contributed by atoms with E-state index in [1.54, 1.807) is 6.07 Å². The Hall–Kier alpha value is -1.16. The van der Waals surface area contributed by atoms with Crippen LogP contribution in [0.25, 0.3) is 0 Å². The molecule has 0 aliphatic rings. The van der Waals surface area contributed by atoms with Crippen molar-refractivity contribution < 1.29 is 9.18 Å². The highest BCUT2D eigenvalue weighted by molar-refractivity contribution is 9.10. The Labute approximate surface area is 96.3 Å². The van der Waals surface area contributed by atoms with Crippen molar-refractivity contribution in [1.82, 2.24) is 5.32 Å². The molecule has 0 bridgehead atoms. The third kappa shape index (κ3) is 3.16. The summed E-state index contributed by atoms with van der Waals surface area (Å²) in [6.45, 7) is 2.31. The maximum atomic E-state index is 13.1. The van der Waals surface area contributed by atoms with Gasteiger partial charge in [0.05, 0.1) is 10.0 Å². The molecular formula is C11H11BrFNO. The molecule has 1 N–H and O–H groups in total. The monoisotopic (exact) mass is 271 g/mol. The van der Waals surface area contributed by atoms with E-state index < -0.39 is 5.82 Å². The van der Waals surface area contributed by atoms with Crippen LogP contribution in [0.5, 0.6) is 0 Å². The lowest BCUT2D eigenvalue weighted by Gasteiger charge is -2.04. The number of hydrogen-bond donors (Lipinski definition) is 1. The van der Waals surface area contributed by atoms with Crippen molar-refractivity contribution in [2.75, 3.05) is 6.54 Å². The van der Waals surface area contributed by atoms with Gasteiger partial charge in [-0.05, 0) is 35.0 Å². The molecule has 0 atom stereocenters. The molecule has 0 fully saturated rings. The predicted molar refractivity (Wildman–Crippen MR) is 61.2 cm³/mol. The number of allylic oxidation sites excluding steroid dienone is 1. The molecule has 2 nitrogen and oxygen atoms in total. The van der Waals surface area contributed by atoms with Gasteiger partial charge in [-0.3, -0.25) is 4.79 Å². The topological polar surface area (TPSA) is 29.1 Å². The van der Waals surface area contributed by atoms with Crippen LogP contribution in [0.4, 0.5) is 4.39 Å². The molecule has 0 heterocycles. The maximum Gasteiger partial charge on any atom is 0.252 e. The van der Waals surface area contributed by atoms with Gasteiger partial charge < -0.3 is 5.32 Å². The fourth-order valence-corrected chi connectivity index (χ4v) is 1.49. The Morgan fingerprint density at radius 3 is 3.00 bits per heavy atom. The molecule has 1 amide bonds. The minimum Gasteiger partial charge on any atom is -0.349 e. The quantitative estimate of drug-likeness (QED) is 0.842. The first kappa shape index (κ1) is 11.9. The van der Waals surface area contributed by atoms with Crippen LogP contribution in [-0.2, 0) is 0 Å². The molecule has 0 aliphatic carbocycles. The van der Waals surface area contributed by atoms with Crippen LogP contribution in [0, 0.1) is 5.82 Å². The number of hydrogen-bond acceptors (Lipinski definition) is 1. The van der Waals surface area contributed by atoms with Crippen LogP contribution in [0.2, 0.25) is 0 Å². The molecule has 1 aromatic carbocycles. The summed E-state index contributed by atoms with van der Waals surface area (Å²) in [6.07, 6.45) is 3.64. The molecule has 0 saturated carbocycles. The molecule has 0 spiro atoms. The number of amides is 1. The van der Waals surface area contributed by atoms with E-state index in [1.165, 1.54) is 12.1 Å². The van der Waals surface area contributed by atoms with Crippen molar-refractivity contribution in [1.29, 1.82) is 0 Å². The van der Waals surface area contributed by atoms with Crippen LogP contribution < -0.4 is 5.32 Å². The van der Waals surface area contributed by atoms with E-state index in [9.17, 15) is 9.18 Å². The standard InChI is InChI=1S/C11H11BrFNO/c1-2-3-7-14-11(15)8-5-4-6-9(13)10(8)12/h2-6H,7H2,1H3,(H,14,15)/b3-2+. The van der Waals surface area contributed by atoms with E-state index in [4.69, 9.17) is 0 Å². The van der Waals surface area contributed by atoms with Gasteiger partial charge in [-0.15, -0.1) is 0 Å². The molecule has 0 saturated heterocycles. The Morgan fingerprint density at radius 1 is 1.60 bits per heavy atom. The lowest BCUT2D eigenvalue weighted by Crippen LogP contribution is -2.23. The summed E-state index contributed by atoms with van der Waals surface area (Å²) in [5.74, 6) is -0.729. The van der Waals surface area contributed by atoms with Crippen molar-refractivity contribution in [2.45, 2.75) is 6.92 Å². The predicted octanol–water partition coefficient (Wildman–Crippen LogP) is 2.89. The fourth-order valence-electron chi connectivity index (χ4n) is 1.04. The van der Waals surface area contributed by atoms with E-state index in [2.05, 4.69) is 21.2 Å². The average molecular weight is 272 g/mol. The third-order valence-corrected chi connectivity index (χ3v) is 2.62. The van der Waals surface area contributed by atoms with Crippen molar-refractivity contribution in [3.8, 4) is 0 Å². The Kier molecular flexibility index (Phi) is 4.49. The third-order valence-electron chi connectivity index (χ3n) is 1.81. The van der Waals surface area contributed by atoms with E-state index in [0.717, 1.165) is 0 Å². The lowest BCUT2D eigenvalue weighted by atomic mass is 10.2. The van der Waals surface area contributed by atoms with Crippen LogP contribution in [0.15, 0.2) is 34.8 Å². The number of carbonyl (C=O) groups excluding carboxylic acids is 1. The van der Waals surface area contributed by atoms with Crippen LogP contribution in [0.1, 0.15) is 17.3 Å². The highest BCUT2D eigenvalue weighted by atomic mass is 79.9. The van der Waals surface area contributed by atoms with Gasteiger partial charge >= 0.3 is 0 Å². The number of halogens is 2. The first-order valence-corrected chi connectivity index (χ1v) is 5.29. The fraction of sp³-hybridized carbons (Fsp3) is 0.182. The molecular weight excluding hydrogens is 261 g/mol. The van der Waals surface area contributed by atoms with Crippen molar-refractivity contribution in [3.63, 3.8) is 0 Å². The highest BCUT2D eigenvalue weighted by Crippen LogP contribution is 2.19. The summed E-state index contributed by atoms with van der Waals surface area (Å²) in [6, 6.07) is 4.37. The summed E-state index contributed by atoms with van der Waals surface area (Å²) in [5, 5.41) is 2.65. The van der Waals surface area contributed by atoms with Crippen LogP contribution in [-0.4, -0.2) is 12.5 Å². The van der Waals surface area contributed by atoms with Crippen molar-refractivity contribution in [2.24, 2.45) is 0 Å². The number of nitrogens with one attached hydrogen (secondary N) is 1. The van der Waals surface area contributed by atoms with Crippen molar-refractivity contribution >= 4 is 21.8 Å². The second-order valence-electron chi connectivity index (χ2n) is 2.88. The molecule has 1 rings (SSSR count). The zero-order valence-electron chi connectivity index (χ0n) is 8.26. The van der Waals surface area contributed by atoms with Gasteiger partial charge in [-0.25, -0.2) is 4.39 Å². The van der Waals surface area contributed by atoms with Crippen molar-refractivity contribution in [3.05, 3.63) is 46.2 Å². The summed E-state index contributed by atoms with van der Waals surface area (Å²) in [5.41, 5.74) is 0.305. The summed E-state index contributed by atoms with van der Waals surface area (Å²) < 4.78 is 13.3. The normalized spacial score (nSPS) is 10.6. The van der Waals surface area contributed by atoms with Gasteiger partial charge in [0.25, 0.3) is 5.91 Å². The molecule has 1 aromatic rings. The Morgan fingerprint density at radius 2 is 2.33 bits per heavy atom. The van der Waals surface area contributed by atoms with Gasteiger partial charge in [-0.2, -0.15) is 0 Å². The summed E-state index contributed by atoms with van der Waals surface area (Å²) >= 11 is 3.04. The van der Waals surface area contributed by atoms with Gasteiger partial charge in [-0.1, -0.05) is 18.2 Å². The number of carbonyl (C=O) groups is 1. The Bertz CT molecular complexity index is 390. The number of benzene rings is 1. The average Bonchev–Trinajstić information content (AvgIpc) is 2.22. The SMILES string of the molecule is C/C=C/CNC(=O)c1cccc(F)c1Br. The molecule has 0 unspecified atom stereocenters. The summed E-state index contributed by atoms with van der Waals surface area (Å²) in [4.78, 5) is 11.6. The first-order valence-electron chi connectivity index (χ1n) is 4.50. The molecule has 4 heteroatoms. The van der Waals surface area contributed by atoms with E-state index in [-0.39, 0.29) is 10.4 Å². The zero-order chi connectivity index (χ0) is 11.3. The van der Waals surface area contributed by atoms with Gasteiger partial charge in [0.1, 0.15) is 5.82 Å². The van der Waals surface area contributed by atoms with E-state index in [1.807, 2.05) is 19.1 Å². The lowest BCUT2D eigenvalue weighted by molar-refractivity contribution is 0.0956. The van der Waals surface area contributed by atoms with Gasteiger partial charge in [0.15, 0.2) is 0 Å². The molecule has 0 aliphatic heterocycles. The number of rotatable bonds is 3. The highest BCUT2D eigenvalue weighted by Gasteiger charge is 2.11. The van der Waals surface area contributed by atoms with Crippen LogP contribution >= 0.6 is 15.9 Å². The minimum atomic E-state index is -0.436. The van der Waals surface area contributed by atoms with E-state index >= 15 is 0 Å².